The third kappa shape index (κ3) is 5.77. The summed E-state index contributed by atoms with van der Waals surface area (Å²) in [5, 5.41) is 0. The number of hydrogen-bond donors (Lipinski definition) is 1. The molecule has 2 aromatic carbocycles. The van der Waals surface area contributed by atoms with Gasteiger partial charge in [-0.25, -0.2) is 22.3 Å². The minimum Gasteiger partial charge on any atom is -0.493 e. The van der Waals surface area contributed by atoms with Crippen molar-refractivity contribution in [3.63, 3.8) is 0 Å². The first-order valence-electron chi connectivity index (χ1n) is 8.62. The first kappa shape index (κ1) is 19.3. The van der Waals surface area contributed by atoms with E-state index in [1.165, 1.54) is 48.5 Å². The summed E-state index contributed by atoms with van der Waals surface area (Å²) in [6, 6.07) is 11.4. The smallest absolute Gasteiger partial charge is 0.338 e. The molecule has 0 saturated heterocycles. The highest BCUT2D eigenvalue weighted by atomic mass is 32.2. The lowest BCUT2D eigenvalue weighted by molar-refractivity contribution is 0.0485. The van der Waals surface area contributed by atoms with E-state index in [1.54, 1.807) is 0 Å². The first-order valence-corrected chi connectivity index (χ1v) is 10.1. The predicted molar refractivity (Wildman–Crippen MR) is 96.6 cm³/mol. The second kappa shape index (κ2) is 8.49. The van der Waals surface area contributed by atoms with E-state index in [4.69, 9.17) is 9.47 Å². The van der Waals surface area contributed by atoms with Crippen molar-refractivity contribution in [2.45, 2.75) is 30.2 Å². The Morgan fingerprint density at radius 3 is 2.56 bits per heavy atom. The predicted octanol–water partition coefficient (Wildman–Crippen LogP) is 2.89. The zero-order chi connectivity index (χ0) is 19.3. The van der Waals surface area contributed by atoms with Crippen molar-refractivity contribution in [2.24, 2.45) is 0 Å². The van der Waals surface area contributed by atoms with Crippen LogP contribution in [0.1, 0.15) is 29.6 Å². The molecule has 2 aromatic rings. The van der Waals surface area contributed by atoms with Crippen LogP contribution in [0.2, 0.25) is 0 Å². The lowest BCUT2D eigenvalue weighted by Gasteiger charge is -2.09. The molecule has 8 heteroatoms. The Balaban J connectivity index is 1.46. The second-order valence-corrected chi connectivity index (χ2v) is 7.93. The van der Waals surface area contributed by atoms with Crippen molar-refractivity contribution in [3.05, 3.63) is 59.9 Å². The molecule has 1 fully saturated rings. The van der Waals surface area contributed by atoms with Gasteiger partial charge in [0.25, 0.3) is 0 Å². The van der Waals surface area contributed by atoms with Gasteiger partial charge in [-0.3, -0.25) is 0 Å². The highest BCUT2D eigenvalue weighted by Crippen LogP contribution is 2.22. The fraction of sp³-hybridized carbons (Fsp3) is 0.316. The maximum Gasteiger partial charge on any atom is 0.338 e. The number of rotatable bonds is 9. The van der Waals surface area contributed by atoms with Crippen LogP contribution >= 0.6 is 0 Å². The standard InChI is InChI=1S/C19H20FNO5S/c20-15-5-9-17(10-6-15)25-11-2-12-26-19(22)14-3-1-4-18(13-14)27(23,24)21-16-7-8-16/h1,3-6,9-10,13,16,21H,2,7-8,11-12H2. The molecular formula is C19H20FNO5S. The molecule has 0 aromatic heterocycles. The Morgan fingerprint density at radius 2 is 1.85 bits per heavy atom. The van der Waals surface area contributed by atoms with E-state index in [0.717, 1.165) is 12.8 Å². The van der Waals surface area contributed by atoms with E-state index in [1.807, 2.05) is 0 Å². The van der Waals surface area contributed by atoms with Gasteiger partial charge in [0, 0.05) is 12.5 Å². The molecule has 1 aliphatic carbocycles. The monoisotopic (exact) mass is 393 g/mol. The molecule has 0 heterocycles. The Morgan fingerprint density at radius 1 is 1.11 bits per heavy atom. The van der Waals surface area contributed by atoms with E-state index >= 15 is 0 Å². The zero-order valence-electron chi connectivity index (χ0n) is 14.6. The number of halogens is 1. The summed E-state index contributed by atoms with van der Waals surface area (Å²) < 4.78 is 50.3. The molecule has 0 bridgehead atoms. The average Bonchev–Trinajstić information content (AvgIpc) is 3.46. The van der Waals surface area contributed by atoms with Crippen molar-refractivity contribution in [3.8, 4) is 5.75 Å². The van der Waals surface area contributed by atoms with E-state index in [0.29, 0.717) is 18.8 Å². The summed E-state index contributed by atoms with van der Waals surface area (Å²) in [7, 11) is -3.62. The van der Waals surface area contributed by atoms with Gasteiger partial charge in [0.2, 0.25) is 10.0 Å². The van der Waals surface area contributed by atoms with Crippen LogP contribution in [0.4, 0.5) is 4.39 Å². The normalized spacial score (nSPS) is 14.0. The molecular weight excluding hydrogens is 373 g/mol. The Kier molecular flexibility index (Phi) is 6.08. The second-order valence-electron chi connectivity index (χ2n) is 6.22. The lowest BCUT2D eigenvalue weighted by atomic mass is 10.2. The summed E-state index contributed by atoms with van der Waals surface area (Å²) >= 11 is 0. The number of nitrogens with one attached hydrogen (secondary N) is 1. The van der Waals surface area contributed by atoms with Gasteiger partial charge in [0.1, 0.15) is 11.6 Å². The molecule has 0 atom stereocenters. The van der Waals surface area contributed by atoms with Crippen LogP contribution in [0.3, 0.4) is 0 Å². The van der Waals surface area contributed by atoms with Gasteiger partial charge in [0.15, 0.2) is 0 Å². The summed E-state index contributed by atoms with van der Waals surface area (Å²) in [6.45, 7) is 0.427. The molecule has 0 aliphatic heterocycles. The van der Waals surface area contributed by atoms with Crippen LogP contribution in [0.15, 0.2) is 53.4 Å². The Hall–Kier alpha value is -2.45. The third-order valence-corrected chi connectivity index (χ3v) is 5.40. The van der Waals surface area contributed by atoms with Gasteiger partial charge < -0.3 is 9.47 Å². The summed E-state index contributed by atoms with van der Waals surface area (Å²) in [5.74, 6) is -0.406. The molecule has 144 valence electrons. The van der Waals surface area contributed by atoms with Crippen LogP contribution in [0.25, 0.3) is 0 Å². The maximum absolute atomic E-state index is 12.8. The van der Waals surface area contributed by atoms with Gasteiger partial charge >= 0.3 is 5.97 Å². The molecule has 0 spiro atoms. The minimum atomic E-state index is -3.62. The summed E-state index contributed by atoms with van der Waals surface area (Å²) in [5.41, 5.74) is 0.174. The van der Waals surface area contributed by atoms with Gasteiger partial charge in [-0.15, -0.1) is 0 Å². The average molecular weight is 393 g/mol. The molecule has 1 saturated carbocycles. The molecule has 0 radical (unpaired) electrons. The van der Waals surface area contributed by atoms with Gasteiger partial charge in [-0.2, -0.15) is 0 Å². The van der Waals surface area contributed by atoms with Crippen LogP contribution in [0.5, 0.6) is 5.75 Å². The van der Waals surface area contributed by atoms with E-state index in [2.05, 4.69) is 4.72 Å². The van der Waals surface area contributed by atoms with Crippen LogP contribution in [0, 0.1) is 5.82 Å². The van der Waals surface area contributed by atoms with Gasteiger partial charge in [-0.05, 0) is 55.3 Å². The highest BCUT2D eigenvalue weighted by Gasteiger charge is 2.28. The van der Waals surface area contributed by atoms with Crippen molar-refractivity contribution in [2.75, 3.05) is 13.2 Å². The molecule has 0 unspecified atom stereocenters. The van der Waals surface area contributed by atoms with Gasteiger partial charge in [-0.1, -0.05) is 6.07 Å². The summed E-state index contributed by atoms with van der Waals surface area (Å²) in [4.78, 5) is 12.2. The number of sulfonamides is 1. The highest BCUT2D eigenvalue weighted by molar-refractivity contribution is 7.89. The molecule has 3 rings (SSSR count). The fourth-order valence-electron chi connectivity index (χ4n) is 2.31. The quantitative estimate of drug-likeness (QED) is 0.523. The lowest BCUT2D eigenvalue weighted by Crippen LogP contribution is -2.25. The number of carbonyl (C=O) groups is 1. The van der Waals surface area contributed by atoms with Crippen molar-refractivity contribution in [1.82, 2.24) is 4.72 Å². The van der Waals surface area contributed by atoms with Crippen molar-refractivity contribution >= 4 is 16.0 Å². The van der Waals surface area contributed by atoms with Crippen LogP contribution in [-0.4, -0.2) is 33.6 Å². The molecule has 27 heavy (non-hydrogen) atoms. The molecule has 1 N–H and O–H groups in total. The van der Waals surface area contributed by atoms with E-state index < -0.39 is 16.0 Å². The summed E-state index contributed by atoms with van der Waals surface area (Å²) in [6.07, 6.45) is 2.12. The van der Waals surface area contributed by atoms with Crippen LogP contribution in [-0.2, 0) is 14.8 Å². The number of hydrogen-bond acceptors (Lipinski definition) is 5. The zero-order valence-corrected chi connectivity index (χ0v) is 15.4. The minimum absolute atomic E-state index is 0.00767. The van der Waals surface area contributed by atoms with E-state index in [-0.39, 0.29) is 28.9 Å². The van der Waals surface area contributed by atoms with Crippen molar-refractivity contribution in [1.29, 1.82) is 0 Å². The Bertz CT molecular complexity index is 895. The third-order valence-electron chi connectivity index (χ3n) is 3.88. The molecule has 1 aliphatic rings. The molecule has 6 nitrogen and oxygen atoms in total. The van der Waals surface area contributed by atoms with Crippen LogP contribution < -0.4 is 9.46 Å². The van der Waals surface area contributed by atoms with Crippen molar-refractivity contribution < 1.29 is 27.1 Å². The maximum atomic E-state index is 12.8. The number of benzene rings is 2. The SMILES string of the molecule is O=C(OCCCOc1ccc(F)cc1)c1cccc(S(=O)(=O)NC2CC2)c1. The number of ether oxygens (including phenoxy) is 2. The topological polar surface area (TPSA) is 81.7 Å². The Labute approximate surface area is 157 Å². The number of carbonyl (C=O) groups excluding carboxylic acids is 1. The fourth-order valence-corrected chi connectivity index (χ4v) is 3.66. The van der Waals surface area contributed by atoms with E-state index in [9.17, 15) is 17.6 Å². The first-order chi connectivity index (χ1) is 12.9. The molecule has 0 amide bonds. The van der Waals surface area contributed by atoms with Gasteiger partial charge in [0.05, 0.1) is 23.7 Å². The number of esters is 1. The largest absolute Gasteiger partial charge is 0.493 e.